The van der Waals surface area contributed by atoms with E-state index in [0.29, 0.717) is 21.5 Å². The Morgan fingerprint density at radius 1 is 0.857 bits per heavy atom. The molecule has 0 saturated carbocycles. The number of halogens is 3. The highest BCUT2D eigenvalue weighted by atomic mass is 35.5. The zero-order valence-electron chi connectivity index (χ0n) is 14.2. The van der Waals surface area contributed by atoms with E-state index in [4.69, 9.17) is 11.6 Å². The summed E-state index contributed by atoms with van der Waals surface area (Å²) < 4.78 is 54.1. The molecule has 7 heteroatoms. The maximum atomic E-state index is 14.0. The average Bonchev–Trinajstić information content (AvgIpc) is 2.68. The first kappa shape index (κ1) is 18.5. The van der Waals surface area contributed by atoms with E-state index in [1.54, 1.807) is 24.3 Å². The highest BCUT2D eigenvalue weighted by Gasteiger charge is 2.25. The molecule has 0 radical (unpaired) electrons. The molecule has 1 heterocycles. The van der Waals surface area contributed by atoms with Gasteiger partial charge in [0.2, 0.25) is 9.84 Å². The van der Waals surface area contributed by atoms with Crippen molar-refractivity contribution in [3.8, 4) is 11.1 Å². The van der Waals surface area contributed by atoms with E-state index in [9.17, 15) is 17.2 Å². The topological polar surface area (TPSA) is 47.0 Å². The van der Waals surface area contributed by atoms with Crippen LogP contribution in [0.4, 0.5) is 8.78 Å². The number of pyridine rings is 1. The fourth-order valence-electron chi connectivity index (χ4n) is 3.03. The van der Waals surface area contributed by atoms with Crippen LogP contribution in [0.2, 0.25) is 5.02 Å². The first-order chi connectivity index (χ1) is 13.4. The summed E-state index contributed by atoms with van der Waals surface area (Å²) in [4.78, 5) is 3.83. The van der Waals surface area contributed by atoms with Crippen molar-refractivity contribution in [2.75, 3.05) is 0 Å². The van der Waals surface area contributed by atoms with Crippen molar-refractivity contribution in [3.63, 3.8) is 0 Å². The molecule has 28 heavy (non-hydrogen) atoms. The summed E-state index contributed by atoms with van der Waals surface area (Å²) in [6.45, 7) is 0. The van der Waals surface area contributed by atoms with E-state index in [1.807, 2.05) is 0 Å². The smallest absolute Gasteiger partial charge is 0.208 e. The van der Waals surface area contributed by atoms with Crippen molar-refractivity contribution in [1.29, 1.82) is 0 Å². The molecular formula is C21H12ClF2NO2S. The van der Waals surface area contributed by atoms with Gasteiger partial charge in [0.05, 0.1) is 15.3 Å². The van der Waals surface area contributed by atoms with Gasteiger partial charge < -0.3 is 0 Å². The van der Waals surface area contributed by atoms with Crippen molar-refractivity contribution in [2.45, 2.75) is 9.79 Å². The largest absolute Gasteiger partial charge is 0.255 e. The van der Waals surface area contributed by atoms with Gasteiger partial charge in [0, 0.05) is 22.2 Å². The van der Waals surface area contributed by atoms with E-state index >= 15 is 0 Å². The first-order valence-corrected chi connectivity index (χ1v) is 10.1. The molecular weight excluding hydrogens is 404 g/mol. The van der Waals surface area contributed by atoms with E-state index in [1.165, 1.54) is 36.5 Å². The normalized spacial score (nSPS) is 11.7. The average molecular weight is 416 g/mol. The number of hydrogen-bond donors (Lipinski definition) is 0. The summed E-state index contributed by atoms with van der Waals surface area (Å²) in [5, 5.41) is 0.808. The third kappa shape index (κ3) is 3.25. The van der Waals surface area contributed by atoms with Gasteiger partial charge in [0.15, 0.2) is 0 Å². The molecule has 0 atom stereocenters. The molecule has 1 aromatic heterocycles. The minimum Gasteiger partial charge on any atom is -0.255 e. The molecule has 0 unspecified atom stereocenters. The van der Waals surface area contributed by atoms with Gasteiger partial charge in [-0.05, 0) is 54.1 Å². The predicted octanol–water partition coefficient (Wildman–Crippen LogP) is 5.67. The lowest BCUT2D eigenvalue weighted by Gasteiger charge is -2.14. The fourth-order valence-corrected chi connectivity index (χ4v) is 4.62. The van der Waals surface area contributed by atoms with Gasteiger partial charge in [-0.15, -0.1) is 0 Å². The van der Waals surface area contributed by atoms with Crippen LogP contribution in [0.15, 0.2) is 82.7 Å². The Labute approximate surface area is 165 Å². The van der Waals surface area contributed by atoms with E-state index in [-0.39, 0.29) is 15.4 Å². The second kappa shape index (κ2) is 6.96. The quantitative estimate of drug-likeness (QED) is 0.433. The van der Waals surface area contributed by atoms with Crippen LogP contribution in [-0.2, 0) is 9.84 Å². The van der Waals surface area contributed by atoms with Crippen LogP contribution in [0.25, 0.3) is 22.0 Å². The standard InChI is InChI=1S/C21H12ClF2NO2S/c22-14-6-4-13(5-7-14)21-18-11-16(24)8-9-19(18)25-12-20(21)28(26,27)17-3-1-2-15(23)10-17/h1-12H. The monoisotopic (exact) mass is 415 g/mol. The number of benzene rings is 3. The maximum absolute atomic E-state index is 14.0. The second-order valence-corrected chi connectivity index (χ2v) is 8.48. The van der Waals surface area contributed by atoms with Crippen LogP contribution >= 0.6 is 11.6 Å². The minimum atomic E-state index is -4.11. The van der Waals surface area contributed by atoms with Crippen molar-refractivity contribution in [2.24, 2.45) is 0 Å². The molecule has 0 bridgehead atoms. The summed E-state index contributed by atoms with van der Waals surface area (Å²) in [5.74, 6) is -1.20. The molecule has 0 aliphatic carbocycles. The Morgan fingerprint density at radius 3 is 2.29 bits per heavy atom. The molecule has 0 aliphatic rings. The lowest BCUT2D eigenvalue weighted by molar-refractivity contribution is 0.591. The molecule has 3 nitrogen and oxygen atoms in total. The summed E-state index contributed by atoms with van der Waals surface area (Å²) in [5.41, 5.74) is 1.24. The lowest BCUT2D eigenvalue weighted by Crippen LogP contribution is -2.06. The van der Waals surface area contributed by atoms with Gasteiger partial charge in [-0.3, -0.25) is 4.98 Å². The number of rotatable bonds is 3. The number of fused-ring (bicyclic) bond motifs is 1. The van der Waals surface area contributed by atoms with Crippen LogP contribution in [0, 0.1) is 11.6 Å². The molecule has 0 spiro atoms. The van der Waals surface area contributed by atoms with Crippen LogP contribution in [0.1, 0.15) is 0 Å². The maximum Gasteiger partial charge on any atom is 0.208 e. The third-order valence-corrected chi connectivity index (χ3v) is 6.34. The van der Waals surface area contributed by atoms with Gasteiger partial charge >= 0.3 is 0 Å². The van der Waals surface area contributed by atoms with Gasteiger partial charge in [0.25, 0.3) is 0 Å². The second-order valence-electron chi connectivity index (χ2n) is 6.13. The number of hydrogen-bond acceptors (Lipinski definition) is 3. The van der Waals surface area contributed by atoms with Gasteiger partial charge in [-0.1, -0.05) is 29.8 Å². The van der Waals surface area contributed by atoms with Gasteiger partial charge in [-0.25, -0.2) is 17.2 Å². The lowest BCUT2D eigenvalue weighted by atomic mass is 10.0. The Hall–Kier alpha value is -2.83. The molecule has 4 aromatic rings. The van der Waals surface area contributed by atoms with Crippen molar-refractivity contribution < 1.29 is 17.2 Å². The summed E-state index contributed by atoms with van der Waals surface area (Å²) >= 11 is 5.95. The third-order valence-electron chi connectivity index (χ3n) is 4.32. The van der Waals surface area contributed by atoms with Crippen LogP contribution in [0.3, 0.4) is 0 Å². The van der Waals surface area contributed by atoms with Crippen LogP contribution < -0.4 is 0 Å². The van der Waals surface area contributed by atoms with Gasteiger partial charge in [0.1, 0.15) is 11.6 Å². The van der Waals surface area contributed by atoms with E-state index < -0.39 is 21.5 Å². The molecule has 0 fully saturated rings. The Bertz CT molecular complexity index is 1310. The molecule has 0 aliphatic heterocycles. The molecule has 140 valence electrons. The zero-order valence-corrected chi connectivity index (χ0v) is 15.8. The number of aromatic nitrogens is 1. The SMILES string of the molecule is O=S(=O)(c1cccc(F)c1)c1cnc2ccc(F)cc2c1-c1ccc(Cl)cc1. The predicted molar refractivity (Wildman–Crippen MR) is 104 cm³/mol. The van der Waals surface area contributed by atoms with Crippen molar-refractivity contribution in [1.82, 2.24) is 4.98 Å². The molecule has 4 rings (SSSR count). The highest BCUT2D eigenvalue weighted by Crippen LogP contribution is 2.37. The van der Waals surface area contributed by atoms with Crippen molar-refractivity contribution in [3.05, 3.63) is 89.6 Å². The zero-order chi connectivity index (χ0) is 19.9. The minimum absolute atomic E-state index is 0.140. The Morgan fingerprint density at radius 2 is 1.57 bits per heavy atom. The number of sulfone groups is 1. The molecule has 3 aromatic carbocycles. The number of nitrogens with zero attached hydrogens (tertiary/aromatic N) is 1. The summed E-state index contributed by atoms with van der Waals surface area (Å²) in [6.07, 6.45) is 1.21. The Balaban J connectivity index is 2.09. The van der Waals surface area contributed by atoms with Crippen LogP contribution in [-0.4, -0.2) is 13.4 Å². The first-order valence-electron chi connectivity index (χ1n) is 8.21. The Kier molecular flexibility index (Phi) is 4.61. The fraction of sp³-hybridized carbons (Fsp3) is 0. The van der Waals surface area contributed by atoms with Crippen LogP contribution in [0.5, 0.6) is 0 Å². The summed E-state index contributed by atoms with van der Waals surface area (Å²) in [7, 11) is -4.11. The summed E-state index contributed by atoms with van der Waals surface area (Å²) in [6, 6.07) is 15.2. The molecule has 0 saturated heterocycles. The molecule has 0 amide bonds. The van der Waals surface area contributed by atoms with E-state index in [2.05, 4.69) is 4.98 Å². The van der Waals surface area contributed by atoms with E-state index in [0.717, 1.165) is 12.1 Å². The van der Waals surface area contributed by atoms with Gasteiger partial charge in [-0.2, -0.15) is 0 Å². The van der Waals surface area contributed by atoms with Crippen molar-refractivity contribution >= 4 is 32.3 Å². The molecule has 0 N–H and O–H groups in total. The highest BCUT2D eigenvalue weighted by molar-refractivity contribution is 7.91.